The van der Waals surface area contributed by atoms with Crippen LogP contribution < -0.4 is 15.4 Å². The molecule has 1 aliphatic heterocycles. The average molecular weight is 880 g/mol. The van der Waals surface area contributed by atoms with E-state index in [1.165, 1.54) is 44.2 Å². The van der Waals surface area contributed by atoms with Gasteiger partial charge in [0, 0.05) is 43.8 Å². The van der Waals surface area contributed by atoms with Gasteiger partial charge in [0.15, 0.2) is 0 Å². The molecule has 0 radical (unpaired) electrons. The highest BCUT2D eigenvalue weighted by Crippen LogP contribution is 2.49. The highest BCUT2D eigenvalue weighted by molar-refractivity contribution is 7.09. The number of nitrogens with zero attached hydrogens (tertiary/aromatic N) is 2. The first-order valence-corrected chi connectivity index (χ1v) is 21.4. The highest BCUT2D eigenvalue weighted by Gasteiger charge is 2.50. The van der Waals surface area contributed by atoms with Crippen molar-refractivity contribution in [3.63, 3.8) is 0 Å². The molecule has 2 amide bonds. The summed E-state index contributed by atoms with van der Waals surface area (Å²) in [6.07, 6.45) is 1.36. The van der Waals surface area contributed by atoms with Gasteiger partial charge in [-0.05, 0) is 90.8 Å². The second kappa shape index (κ2) is 21.1. The molecule has 1 saturated heterocycles. The van der Waals surface area contributed by atoms with Crippen LogP contribution in [0.4, 0.5) is 10.1 Å². The van der Waals surface area contributed by atoms with Crippen molar-refractivity contribution in [2.45, 2.75) is 83.6 Å². The van der Waals surface area contributed by atoms with E-state index in [1.807, 2.05) is 72.8 Å². The molecule has 3 atom stereocenters. The summed E-state index contributed by atoms with van der Waals surface area (Å²) in [5.41, 5.74) is 8.54. The smallest absolute Gasteiger partial charge is 0.303 e. The molecule has 3 N–H and O–H groups in total. The van der Waals surface area contributed by atoms with E-state index >= 15 is 0 Å². The molecule has 0 spiro atoms. The van der Waals surface area contributed by atoms with Crippen molar-refractivity contribution in [2.24, 2.45) is 11.7 Å². The number of ether oxygens (including phenoxy) is 4. The Balaban J connectivity index is 1.34. The van der Waals surface area contributed by atoms with Gasteiger partial charge >= 0.3 is 17.9 Å². The number of hydrogen-bond acceptors (Lipinski definition) is 12. The van der Waals surface area contributed by atoms with Gasteiger partial charge in [-0.3, -0.25) is 24.0 Å². The Morgan fingerprint density at radius 1 is 0.841 bits per heavy atom. The van der Waals surface area contributed by atoms with Crippen LogP contribution in [0.5, 0.6) is 5.75 Å². The Bertz CT molecular complexity index is 2370. The first-order valence-electron chi connectivity index (χ1n) is 20.6. The lowest BCUT2D eigenvalue weighted by Crippen LogP contribution is -2.55. The van der Waals surface area contributed by atoms with Crippen molar-refractivity contribution >= 4 is 46.7 Å². The largest absolute Gasteiger partial charge is 0.489 e. The lowest BCUT2D eigenvalue weighted by atomic mass is 9.77. The molecule has 1 aromatic heterocycles. The first kappa shape index (κ1) is 46.1. The third-order valence-corrected chi connectivity index (χ3v) is 11.7. The lowest BCUT2D eigenvalue weighted by molar-refractivity contribution is -0.161. The molecule has 6 rings (SSSR count). The van der Waals surface area contributed by atoms with Crippen molar-refractivity contribution in [1.29, 1.82) is 0 Å². The molecular weight excluding hydrogens is 830 g/mol. The predicted octanol–water partition coefficient (Wildman–Crippen LogP) is 7.32. The third kappa shape index (κ3) is 12.6. The minimum atomic E-state index is -1.68. The number of carbonyl (C=O) groups excluding carboxylic acids is 5. The monoisotopic (exact) mass is 879 g/mol. The molecule has 13 nitrogen and oxygen atoms in total. The fraction of sp³-hybridized carbons (Fsp3) is 0.333. The second-order valence-electron chi connectivity index (χ2n) is 15.6. The predicted molar refractivity (Wildman–Crippen MR) is 232 cm³/mol. The van der Waals surface area contributed by atoms with E-state index in [9.17, 15) is 33.5 Å². The van der Waals surface area contributed by atoms with Gasteiger partial charge in [-0.1, -0.05) is 60.7 Å². The number of thiazole rings is 1. The van der Waals surface area contributed by atoms with Gasteiger partial charge in [0.05, 0.1) is 17.0 Å². The Kier molecular flexibility index (Phi) is 15.4. The second-order valence-corrected chi connectivity index (χ2v) is 16.5. The summed E-state index contributed by atoms with van der Waals surface area (Å²) >= 11 is 1.37. The number of β-lactam (4-membered cyclic amide) rings is 1. The van der Waals surface area contributed by atoms with Crippen LogP contribution in [0.3, 0.4) is 0 Å². The van der Waals surface area contributed by atoms with Crippen LogP contribution >= 0.6 is 11.3 Å². The molecule has 0 bridgehead atoms. The Hall–Kier alpha value is -6.45. The van der Waals surface area contributed by atoms with Gasteiger partial charge in [-0.25, -0.2) is 9.37 Å². The number of rotatable bonds is 21. The molecule has 1 aliphatic rings. The minimum Gasteiger partial charge on any atom is -0.489 e. The number of nitrogens with two attached hydrogens (primary N) is 1. The average Bonchev–Trinajstić information content (AvgIpc) is 3.75. The summed E-state index contributed by atoms with van der Waals surface area (Å²) in [5.74, 6) is -2.96. The minimum absolute atomic E-state index is 0.0575. The molecule has 5 aromatic rings. The molecule has 1 fully saturated rings. The van der Waals surface area contributed by atoms with Crippen molar-refractivity contribution < 1.29 is 52.4 Å². The summed E-state index contributed by atoms with van der Waals surface area (Å²) in [5, 5.41) is 13.9. The van der Waals surface area contributed by atoms with Crippen molar-refractivity contribution in [2.75, 3.05) is 18.1 Å². The van der Waals surface area contributed by atoms with E-state index in [0.29, 0.717) is 41.8 Å². The van der Waals surface area contributed by atoms with Gasteiger partial charge < -0.3 is 34.7 Å². The molecule has 0 unspecified atom stereocenters. The number of hydrogen-bond donors (Lipinski definition) is 2. The van der Waals surface area contributed by atoms with Crippen LogP contribution in [0.1, 0.15) is 95.5 Å². The summed E-state index contributed by atoms with van der Waals surface area (Å²) in [7, 11) is 0. The number of esters is 3. The van der Waals surface area contributed by atoms with Gasteiger partial charge in [-0.2, -0.15) is 0 Å². The fourth-order valence-corrected chi connectivity index (χ4v) is 8.26. The number of amides is 2. The number of benzene rings is 4. The van der Waals surface area contributed by atoms with Crippen LogP contribution in [0, 0.1) is 11.7 Å². The van der Waals surface area contributed by atoms with E-state index in [1.54, 1.807) is 22.4 Å². The number of aliphatic hydroxyl groups is 1. The van der Waals surface area contributed by atoms with Crippen LogP contribution in [-0.4, -0.2) is 58.6 Å². The van der Waals surface area contributed by atoms with Crippen molar-refractivity contribution in [1.82, 2.24) is 4.98 Å². The lowest BCUT2D eigenvalue weighted by Gasteiger charge is -2.48. The zero-order valence-electron chi connectivity index (χ0n) is 35.3. The molecule has 0 saturated carbocycles. The highest BCUT2D eigenvalue weighted by atomic mass is 32.1. The number of halogens is 1. The zero-order chi connectivity index (χ0) is 45.1. The Morgan fingerprint density at radius 2 is 1.51 bits per heavy atom. The van der Waals surface area contributed by atoms with E-state index in [-0.39, 0.29) is 50.7 Å². The summed E-state index contributed by atoms with van der Waals surface area (Å²) in [6.45, 7) is 3.20. The Morgan fingerprint density at radius 3 is 2.13 bits per heavy atom. The van der Waals surface area contributed by atoms with Gasteiger partial charge in [0.25, 0.3) is 5.91 Å². The summed E-state index contributed by atoms with van der Waals surface area (Å²) < 4.78 is 36.4. The topological polar surface area (TPSA) is 185 Å². The number of aryl methyl sites for hydroxylation is 3. The molecular formula is C48H50FN3O10S. The van der Waals surface area contributed by atoms with E-state index in [0.717, 1.165) is 21.7 Å². The molecule has 15 heteroatoms. The zero-order valence-corrected chi connectivity index (χ0v) is 36.1. The standard InChI is InChI=1S/C48H50FN3O10S/c1-30(53)60-28-48(58,29-61-31(2)54)24-23-34-11-20-43(59-26-35-7-5-4-6-8-35)40(25-34)45-39(19-21-42(62-32(3)55)36-13-15-37(49)16-14-36)47(57)52(45)38-17-9-33(10-18-38)12-22-44-51-41(27-63-44)46(50)56/h4-11,13-18,20,25,27,39,42,45,58H,12,19,21-24,26,28-29H2,1-3H3,(H2,50,56)/t39-,42+,45+/m1/s1. The van der Waals surface area contributed by atoms with Gasteiger partial charge in [0.2, 0.25) is 5.91 Å². The normalized spacial score (nSPS) is 15.3. The Labute approximate surface area is 368 Å². The van der Waals surface area contributed by atoms with Crippen LogP contribution in [0.25, 0.3) is 0 Å². The molecule has 4 aromatic carbocycles. The SMILES string of the molecule is CC(=O)OCC(O)(CCc1ccc(OCc2ccccc2)c([C@@H]2[C@@H](CC[C@H](OC(C)=O)c3ccc(F)cc3)C(=O)N2c2ccc(CCc3nc(C(N)=O)cs3)cc2)c1)COC(C)=O. The third-order valence-electron chi connectivity index (χ3n) is 10.7. The number of anilines is 1. The van der Waals surface area contributed by atoms with Crippen LogP contribution in [0.15, 0.2) is 102 Å². The summed E-state index contributed by atoms with van der Waals surface area (Å²) in [4.78, 5) is 67.7. The van der Waals surface area contributed by atoms with Crippen LogP contribution in [-0.2, 0) is 59.3 Å². The van der Waals surface area contributed by atoms with E-state index in [2.05, 4.69) is 4.98 Å². The van der Waals surface area contributed by atoms with Crippen molar-refractivity contribution in [3.8, 4) is 5.75 Å². The van der Waals surface area contributed by atoms with Crippen LogP contribution in [0.2, 0.25) is 0 Å². The number of primary amides is 1. The maximum absolute atomic E-state index is 14.5. The summed E-state index contributed by atoms with van der Waals surface area (Å²) in [6, 6.07) is 28.0. The van der Waals surface area contributed by atoms with E-state index < -0.39 is 53.3 Å². The maximum atomic E-state index is 14.5. The first-order chi connectivity index (χ1) is 30.2. The van der Waals surface area contributed by atoms with E-state index in [4.69, 9.17) is 24.7 Å². The molecule has 63 heavy (non-hydrogen) atoms. The molecule has 330 valence electrons. The maximum Gasteiger partial charge on any atom is 0.303 e. The quantitative estimate of drug-likeness (QED) is 0.0428. The van der Waals surface area contributed by atoms with Gasteiger partial charge in [0.1, 0.15) is 48.8 Å². The fourth-order valence-electron chi connectivity index (χ4n) is 7.48. The van der Waals surface area contributed by atoms with Gasteiger partial charge in [-0.15, -0.1) is 11.3 Å². The van der Waals surface area contributed by atoms with Crippen molar-refractivity contribution in [3.05, 3.63) is 147 Å². The number of aromatic nitrogens is 1. The molecule has 0 aliphatic carbocycles. The molecule has 2 heterocycles. The number of carbonyl (C=O) groups is 5.